The lowest BCUT2D eigenvalue weighted by Crippen LogP contribution is -2.55. The Bertz CT molecular complexity index is 1580. The molecule has 1 heterocycles. The first kappa shape index (κ1) is 42.3. The highest BCUT2D eigenvalue weighted by atomic mass is 35.5. The molecule has 14 heteroatoms. The second-order valence-corrected chi connectivity index (χ2v) is 14.7. The number of hydrogen-bond donors (Lipinski definition) is 3. The molecule has 0 radical (unpaired) electrons. The van der Waals surface area contributed by atoms with Crippen LogP contribution in [0.25, 0.3) is 0 Å². The molecule has 0 spiro atoms. The Kier molecular flexibility index (Phi) is 16.0. The summed E-state index contributed by atoms with van der Waals surface area (Å²) in [4.78, 5) is 66.8. The molecule has 2 aromatic rings. The number of carbonyl (C=O) groups excluding carboxylic acids is 5. The summed E-state index contributed by atoms with van der Waals surface area (Å²) in [5, 5.41) is 4.97. The summed E-state index contributed by atoms with van der Waals surface area (Å²) in [5.74, 6) is -3.63. The van der Waals surface area contributed by atoms with Gasteiger partial charge in [0, 0.05) is 25.3 Å². The normalized spacial score (nSPS) is 22.5. The monoisotopic (exact) mass is 762 g/mol. The number of halogens is 2. The van der Waals surface area contributed by atoms with Crippen LogP contribution in [0.5, 0.6) is 5.75 Å². The number of rotatable bonds is 11. The third-order valence-corrected chi connectivity index (χ3v) is 9.43. The first-order valence-corrected chi connectivity index (χ1v) is 18.0. The maximum absolute atomic E-state index is 13.8. The Balaban J connectivity index is 2.04. The lowest BCUT2D eigenvalue weighted by molar-refractivity contribution is -0.360. The minimum atomic E-state index is -1.29. The highest BCUT2D eigenvalue weighted by Crippen LogP contribution is 2.34. The fourth-order valence-corrected chi connectivity index (χ4v) is 6.21. The molecular formula is C38H50Cl2N3O9+. The van der Waals surface area contributed by atoms with Crippen LogP contribution in [0.1, 0.15) is 64.0 Å². The molecule has 3 rings (SSSR count). The molecule has 0 saturated heterocycles. The Morgan fingerprint density at radius 2 is 1.75 bits per heavy atom. The van der Waals surface area contributed by atoms with Crippen LogP contribution in [0.2, 0.25) is 5.02 Å². The van der Waals surface area contributed by atoms with Crippen LogP contribution in [0.15, 0.2) is 60.7 Å². The minimum Gasteiger partial charge on any atom is -0.495 e. The average molecular weight is 764 g/mol. The van der Waals surface area contributed by atoms with Gasteiger partial charge in [-0.3, -0.25) is 14.4 Å². The number of alkyl halides is 1. The highest BCUT2D eigenvalue weighted by Gasteiger charge is 2.40. The van der Waals surface area contributed by atoms with Gasteiger partial charge in [-0.1, -0.05) is 74.8 Å². The molecular weight excluding hydrogens is 713 g/mol. The molecule has 2 amide bonds. The molecule has 1 aliphatic heterocycles. The number of methoxy groups -OCH3 is 1. The molecule has 0 aliphatic carbocycles. The van der Waals surface area contributed by atoms with Crippen LogP contribution in [0.3, 0.4) is 0 Å². The Morgan fingerprint density at radius 1 is 1.06 bits per heavy atom. The predicted octanol–water partition coefficient (Wildman–Crippen LogP) is 4.12. The number of esters is 3. The summed E-state index contributed by atoms with van der Waals surface area (Å²) in [6.45, 7) is 8.29. The van der Waals surface area contributed by atoms with Crippen LogP contribution in [0.4, 0.5) is 0 Å². The molecule has 52 heavy (non-hydrogen) atoms. The third-order valence-electron chi connectivity index (χ3n) is 8.63. The topological polar surface area (TPSA) is 174 Å². The summed E-state index contributed by atoms with van der Waals surface area (Å²) < 4.78 is 22.9. The van der Waals surface area contributed by atoms with Crippen molar-refractivity contribution < 1.29 is 48.7 Å². The second-order valence-electron chi connectivity index (χ2n) is 13.8. The van der Waals surface area contributed by atoms with E-state index >= 15 is 0 Å². The zero-order valence-corrected chi connectivity index (χ0v) is 32.0. The van der Waals surface area contributed by atoms with Crippen molar-refractivity contribution in [2.75, 3.05) is 20.2 Å². The van der Waals surface area contributed by atoms with Gasteiger partial charge in [-0.2, -0.15) is 0 Å². The van der Waals surface area contributed by atoms with Crippen LogP contribution < -0.4 is 21.1 Å². The number of quaternary nitrogens is 1. The summed E-state index contributed by atoms with van der Waals surface area (Å²) in [6.07, 6.45) is -0.333. The van der Waals surface area contributed by atoms with Gasteiger partial charge in [0.25, 0.3) is 0 Å². The Morgan fingerprint density at radius 3 is 2.37 bits per heavy atom. The van der Waals surface area contributed by atoms with E-state index in [9.17, 15) is 24.0 Å². The highest BCUT2D eigenvalue weighted by molar-refractivity contribution is 6.32. The number of amides is 2. The molecule has 0 saturated carbocycles. The van der Waals surface area contributed by atoms with Gasteiger partial charge < -0.3 is 35.3 Å². The van der Waals surface area contributed by atoms with E-state index in [-0.39, 0.29) is 38.3 Å². The predicted molar refractivity (Wildman–Crippen MR) is 195 cm³/mol. The smallest absolute Gasteiger partial charge is 0.361 e. The van der Waals surface area contributed by atoms with Crippen molar-refractivity contribution in [1.82, 2.24) is 10.6 Å². The second kappa shape index (κ2) is 19.6. The van der Waals surface area contributed by atoms with E-state index in [1.54, 1.807) is 63.2 Å². The molecule has 5 N–H and O–H groups in total. The Hall–Kier alpha value is -4.13. The summed E-state index contributed by atoms with van der Waals surface area (Å²) >= 11 is 13.3. The van der Waals surface area contributed by atoms with Crippen molar-refractivity contribution in [3.05, 3.63) is 76.8 Å². The maximum atomic E-state index is 13.8. The number of cyclic esters (lactones) is 2. The largest absolute Gasteiger partial charge is 0.495 e. The van der Waals surface area contributed by atoms with Crippen molar-refractivity contribution in [3.8, 4) is 5.75 Å². The van der Waals surface area contributed by atoms with E-state index in [2.05, 4.69) is 16.4 Å². The summed E-state index contributed by atoms with van der Waals surface area (Å²) in [7, 11) is 1.49. The minimum absolute atomic E-state index is 0.0179. The van der Waals surface area contributed by atoms with Crippen molar-refractivity contribution >= 4 is 52.9 Å². The Labute approximate surface area is 315 Å². The lowest BCUT2D eigenvalue weighted by atomic mass is 9.90. The van der Waals surface area contributed by atoms with Gasteiger partial charge in [-0.25, -0.2) is 9.59 Å². The van der Waals surface area contributed by atoms with E-state index in [0.29, 0.717) is 21.9 Å². The molecule has 0 aromatic heterocycles. The number of benzene rings is 2. The van der Waals surface area contributed by atoms with Crippen LogP contribution in [0, 0.1) is 17.3 Å². The average Bonchev–Trinajstić information content (AvgIpc) is 3.10. The van der Waals surface area contributed by atoms with Gasteiger partial charge in [0.05, 0.1) is 22.9 Å². The van der Waals surface area contributed by atoms with Crippen molar-refractivity contribution in [3.63, 3.8) is 0 Å². The van der Waals surface area contributed by atoms with E-state index in [4.69, 9.17) is 42.1 Å². The zero-order chi connectivity index (χ0) is 38.6. The van der Waals surface area contributed by atoms with Gasteiger partial charge in [-0.05, 0) is 55.5 Å². The fraction of sp³-hybridized carbons (Fsp3) is 0.500. The van der Waals surface area contributed by atoms with E-state index in [1.807, 2.05) is 19.9 Å². The van der Waals surface area contributed by atoms with Gasteiger partial charge in [0.2, 0.25) is 11.8 Å². The van der Waals surface area contributed by atoms with Crippen molar-refractivity contribution in [1.29, 1.82) is 0 Å². The maximum Gasteiger partial charge on any atom is 0.361 e. The lowest BCUT2D eigenvalue weighted by Gasteiger charge is -2.34. The molecule has 6 atom stereocenters. The van der Waals surface area contributed by atoms with Gasteiger partial charge in [0.1, 0.15) is 24.0 Å². The zero-order valence-electron chi connectivity index (χ0n) is 30.5. The molecule has 0 unspecified atom stereocenters. The number of hydrogen-bond acceptors (Lipinski definition) is 9. The van der Waals surface area contributed by atoms with Crippen LogP contribution in [-0.2, 0) is 44.6 Å². The molecule has 1 aliphatic rings. The quantitative estimate of drug-likeness (QED) is 0.173. The molecule has 0 fully saturated rings. The van der Waals surface area contributed by atoms with E-state index in [0.717, 1.165) is 0 Å². The summed E-state index contributed by atoms with van der Waals surface area (Å²) in [5.41, 5.74) is 3.67. The molecule has 2 aromatic carbocycles. The number of ether oxygens (including phenoxy) is 4. The van der Waals surface area contributed by atoms with Crippen molar-refractivity contribution in [2.24, 2.45) is 17.3 Å². The summed E-state index contributed by atoms with van der Waals surface area (Å²) in [6, 6.07) is 13.0. The standard InChI is InChI=1S/C38H49Cl2N3O9/c1-22(2)17-30-36(47)50-28(23(3)34(52-32(45)20-41)33(40)25-11-8-7-9-12-25)13-10-14-31(44)43-27(19-24-15-16-29(49-6)26(39)18-24)35(46)42-21-38(4,5)37(48)51-30/h7-12,14-16,18,22-23,27-28,30,33-34H,13,17,19-21,41H2,1-6H3,(H,42,46)(H,43,44)/p+1/b14-10+/t23-,27+,28-,30-,33-,34+/m0/s1. The van der Waals surface area contributed by atoms with Crippen LogP contribution >= 0.6 is 23.2 Å². The first-order valence-electron chi connectivity index (χ1n) is 17.2. The molecule has 0 bridgehead atoms. The van der Waals surface area contributed by atoms with Crippen LogP contribution in [-0.4, -0.2) is 74.3 Å². The van der Waals surface area contributed by atoms with Gasteiger partial charge in [-0.15, -0.1) is 11.6 Å². The van der Waals surface area contributed by atoms with Gasteiger partial charge in [0.15, 0.2) is 12.6 Å². The number of carbonyl (C=O) groups is 5. The van der Waals surface area contributed by atoms with E-state index in [1.165, 1.54) is 19.3 Å². The van der Waals surface area contributed by atoms with E-state index < -0.39 is 70.8 Å². The fourth-order valence-electron chi connectivity index (χ4n) is 5.50. The third kappa shape index (κ3) is 12.2. The first-order chi connectivity index (χ1) is 24.6. The number of nitrogens with one attached hydrogen (secondary N) is 2. The van der Waals surface area contributed by atoms with Gasteiger partial charge >= 0.3 is 17.9 Å². The SMILES string of the molecule is COc1ccc(C[C@H]2NC(=O)/C=C/C[C@@H]([C@H](C)[C@@H](OC(=O)C[NH3+])[C@@H](Cl)c3ccccc3)OC(=O)[C@H](CC(C)C)OC(=O)C(C)(C)CNC2=O)cc1Cl. The molecule has 12 nitrogen and oxygen atoms in total. The molecule has 284 valence electrons. The van der Waals surface area contributed by atoms with Crippen molar-refractivity contribution in [2.45, 2.75) is 83.6 Å².